The second kappa shape index (κ2) is 7.00. The van der Waals surface area contributed by atoms with Crippen molar-refractivity contribution in [3.63, 3.8) is 0 Å². The first-order valence-electron chi connectivity index (χ1n) is 6.81. The van der Waals surface area contributed by atoms with E-state index in [9.17, 15) is 22.8 Å². The van der Waals surface area contributed by atoms with Gasteiger partial charge < -0.3 is 10.4 Å². The van der Waals surface area contributed by atoms with Gasteiger partial charge in [-0.2, -0.15) is 13.2 Å². The number of alkyl halides is 3. The summed E-state index contributed by atoms with van der Waals surface area (Å²) in [7, 11) is 0. The SMILES string of the molecule is C[C@@H](NC(=O)Cc1csc(-c2cccc(C(F)(F)F)c2)n1)C(=O)O. The molecule has 0 saturated carbocycles. The molecule has 0 unspecified atom stereocenters. The van der Waals surface area contributed by atoms with E-state index in [1.54, 1.807) is 5.38 Å². The van der Waals surface area contributed by atoms with E-state index in [-0.39, 0.29) is 6.42 Å². The van der Waals surface area contributed by atoms with Gasteiger partial charge in [0.2, 0.25) is 5.91 Å². The molecule has 2 N–H and O–H groups in total. The van der Waals surface area contributed by atoms with Crippen molar-refractivity contribution in [1.82, 2.24) is 10.3 Å². The van der Waals surface area contributed by atoms with Gasteiger partial charge in [0.25, 0.3) is 0 Å². The van der Waals surface area contributed by atoms with Crippen molar-refractivity contribution >= 4 is 23.2 Å². The molecule has 0 aliphatic carbocycles. The summed E-state index contributed by atoms with van der Waals surface area (Å²) in [4.78, 5) is 26.5. The number of aromatic nitrogens is 1. The number of benzene rings is 1. The molecule has 1 aromatic carbocycles. The van der Waals surface area contributed by atoms with Gasteiger partial charge >= 0.3 is 12.1 Å². The fourth-order valence-electron chi connectivity index (χ4n) is 1.87. The third kappa shape index (κ3) is 4.54. The third-order valence-corrected chi connectivity index (χ3v) is 4.02. The van der Waals surface area contributed by atoms with Crippen LogP contribution in [0.2, 0.25) is 0 Å². The van der Waals surface area contributed by atoms with Crippen LogP contribution in [-0.4, -0.2) is 28.0 Å². The van der Waals surface area contributed by atoms with Crippen LogP contribution in [0.4, 0.5) is 13.2 Å². The molecule has 2 rings (SSSR count). The number of thiazole rings is 1. The molecule has 0 aliphatic rings. The zero-order chi connectivity index (χ0) is 17.9. The van der Waals surface area contributed by atoms with Crippen molar-refractivity contribution in [1.29, 1.82) is 0 Å². The molecule has 0 spiro atoms. The molecular formula is C15H13F3N2O3S. The first kappa shape index (κ1) is 17.9. The van der Waals surface area contributed by atoms with E-state index in [4.69, 9.17) is 5.11 Å². The number of carbonyl (C=O) groups is 2. The molecule has 1 heterocycles. The Morgan fingerprint density at radius 1 is 1.38 bits per heavy atom. The number of halogens is 3. The van der Waals surface area contributed by atoms with Crippen LogP contribution in [-0.2, 0) is 22.2 Å². The predicted octanol–water partition coefficient (Wildman–Crippen LogP) is 2.96. The lowest BCUT2D eigenvalue weighted by atomic mass is 10.1. The highest BCUT2D eigenvalue weighted by atomic mass is 32.1. The van der Waals surface area contributed by atoms with Gasteiger partial charge in [0.1, 0.15) is 11.0 Å². The average Bonchev–Trinajstić information content (AvgIpc) is 2.94. The van der Waals surface area contributed by atoms with E-state index in [0.717, 1.165) is 23.5 Å². The Morgan fingerprint density at radius 3 is 2.71 bits per heavy atom. The Kier molecular flexibility index (Phi) is 5.23. The molecule has 0 aliphatic heterocycles. The summed E-state index contributed by atoms with van der Waals surface area (Å²) in [5, 5.41) is 12.9. The highest BCUT2D eigenvalue weighted by Crippen LogP contribution is 2.33. The number of aliphatic carboxylic acids is 1. The van der Waals surface area contributed by atoms with Crippen molar-refractivity contribution in [3.8, 4) is 10.6 Å². The fraction of sp³-hybridized carbons (Fsp3) is 0.267. The van der Waals surface area contributed by atoms with Crippen molar-refractivity contribution in [3.05, 3.63) is 40.9 Å². The van der Waals surface area contributed by atoms with Crippen molar-refractivity contribution in [2.75, 3.05) is 0 Å². The van der Waals surface area contributed by atoms with E-state index < -0.39 is 29.7 Å². The minimum absolute atomic E-state index is 0.146. The number of nitrogens with one attached hydrogen (secondary N) is 1. The number of nitrogens with zero attached hydrogens (tertiary/aromatic N) is 1. The Balaban J connectivity index is 2.11. The summed E-state index contributed by atoms with van der Waals surface area (Å²) in [6.45, 7) is 1.33. The van der Waals surface area contributed by atoms with Crippen LogP contribution in [0.25, 0.3) is 10.6 Å². The number of carboxylic acid groups (broad SMARTS) is 1. The molecule has 5 nitrogen and oxygen atoms in total. The highest BCUT2D eigenvalue weighted by Gasteiger charge is 2.30. The maximum Gasteiger partial charge on any atom is 0.416 e. The van der Waals surface area contributed by atoms with E-state index in [1.807, 2.05) is 0 Å². The van der Waals surface area contributed by atoms with Gasteiger partial charge in [-0.25, -0.2) is 4.98 Å². The Labute approximate surface area is 139 Å². The number of carboxylic acids is 1. The van der Waals surface area contributed by atoms with Crippen LogP contribution in [0.15, 0.2) is 29.6 Å². The zero-order valence-corrected chi connectivity index (χ0v) is 13.2. The summed E-state index contributed by atoms with van der Waals surface area (Å²) in [5.74, 6) is -1.68. The second-order valence-electron chi connectivity index (χ2n) is 5.03. The topological polar surface area (TPSA) is 79.3 Å². The maximum atomic E-state index is 12.7. The first-order chi connectivity index (χ1) is 11.2. The molecule has 2 aromatic rings. The lowest BCUT2D eigenvalue weighted by Gasteiger charge is -2.08. The average molecular weight is 358 g/mol. The molecular weight excluding hydrogens is 345 g/mol. The minimum Gasteiger partial charge on any atom is -0.480 e. The summed E-state index contributed by atoms with van der Waals surface area (Å²) in [5.41, 5.74) is -0.104. The van der Waals surface area contributed by atoms with Crippen LogP contribution in [0.3, 0.4) is 0 Å². The van der Waals surface area contributed by atoms with Gasteiger partial charge in [-0.15, -0.1) is 11.3 Å². The Hall–Kier alpha value is -2.42. The quantitative estimate of drug-likeness (QED) is 0.861. The van der Waals surface area contributed by atoms with Crippen LogP contribution in [0.5, 0.6) is 0 Å². The molecule has 1 atom stereocenters. The van der Waals surface area contributed by atoms with E-state index in [1.165, 1.54) is 19.1 Å². The number of hydrogen-bond donors (Lipinski definition) is 2. The minimum atomic E-state index is -4.44. The molecule has 9 heteroatoms. The summed E-state index contributed by atoms with van der Waals surface area (Å²) in [6, 6.07) is 3.73. The molecule has 24 heavy (non-hydrogen) atoms. The number of carbonyl (C=O) groups excluding carboxylic acids is 1. The molecule has 1 amide bonds. The monoisotopic (exact) mass is 358 g/mol. The number of hydrogen-bond acceptors (Lipinski definition) is 4. The van der Waals surface area contributed by atoms with E-state index >= 15 is 0 Å². The summed E-state index contributed by atoms with van der Waals surface area (Å²) < 4.78 is 38.2. The van der Waals surface area contributed by atoms with Gasteiger partial charge in [-0.05, 0) is 19.1 Å². The lowest BCUT2D eigenvalue weighted by Crippen LogP contribution is -2.39. The van der Waals surface area contributed by atoms with Gasteiger partial charge in [0, 0.05) is 10.9 Å². The maximum absolute atomic E-state index is 12.7. The molecule has 0 saturated heterocycles. The van der Waals surface area contributed by atoms with Crippen molar-refractivity contribution < 1.29 is 27.9 Å². The normalized spacial score (nSPS) is 12.7. The first-order valence-corrected chi connectivity index (χ1v) is 7.69. The van der Waals surface area contributed by atoms with Crippen LogP contribution >= 0.6 is 11.3 Å². The van der Waals surface area contributed by atoms with Gasteiger partial charge in [-0.1, -0.05) is 12.1 Å². The molecule has 0 fully saturated rings. The zero-order valence-electron chi connectivity index (χ0n) is 12.4. The van der Waals surface area contributed by atoms with Crippen molar-refractivity contribution in [2.24, 2.45) is 0 Å². The van der Waals surface area contributed by atoms with Crippen molar-refractivity contribution in [2.45, 2.75) is 25.6 Å². The predicted molar refractivity (Wildman–Crippen MR) is 81.5 cm³/mol. The standard InChI is InChI=1S/C15H13F3N2O3S/c1-8(14(22)23)19-12(21)6-11-7-24-13(20-11)9-3-2-4-10(5-9)15(16,17)18/h2-5,7-8H,6H2,1H3,(H,19,21)(H,22,23)/t8-/m1/s1. The highest BCUT2D eigenvalue weighted by molar-refractivity contribution is 7.13. The van der Waals surface area contributed by atoms with Crippen LogP contribution in [0.1, 0.15) is 18.2 Å². The van der Waals surface area contributed by atoms with Gasteiger partial charge in [0.15, 0.2) is 0 Å². The summed E-state index contributed by atoms with van der Waals surface area (Å²) >= 11 is 1.11. The molecule has 1 aromatic heterocycles. The van der Waals surface area contributed by atoms with Crippen LogP contribution < -0.4 is 5.32 Å². The van der Waals surface area contributed by atoms with E-state index in [2.05, 4.69) is 10.3 Å². The molecule has 0 bridgehead atoms. The fourth-order valence-corrected chi connectivity index (χ4v) is 2.68. The van der Waals surface area contributed by atoms with Gasteiger partial charge in [0.05, 0.1) is 17.7 Å². The van der Waals surface area contributed by atoms with Crippen LogP contribution in [0, 0.1) is 0 Å². The lowest BCUT2D eigenvalue weighted by molar-refractivity contribution is -0.141. The third-order valence-electron chi connectivity index (χ3n) is 3.08. The molecule has 0 radical (unpaired) electrons. The Bertz CT molecular complexity index is 758. The largest absolute Gasteiger partial charge is 0.480 e. The molecule has 128 valence electrons. The smallest absolute Gasteiger partial charge is 0.416 e. The Morgan fingerprint density at radius 2 is 2.08 bits per heavy atom. The second-order valence-corrected chi connectivity index (χ2v) is 5.88. The summed E-state index contributed by atoms with van der Waals surface area (Å²) in [6.07, 6.45) is -4.59. The number of rotatable bonds is 5. The van der Waals surface area contributed by atoms with Gasteiger partial charge in [-0.3, -0.25) is 9.59 Å². The van der Waals surface area contributed by atoms with E-state index in [0.29, 0.717) is 16.3 Å². The number of amides is 1.